The molecular formula is C15H20BrNO3S. The van der Waals surface area contributed by atoms with Crippen LogP contribution in [0.1, 0.15) is 27.2 Å². The largest absolute Gasteiger partial charge is 0.379 e. The highest BCUT2D eigenvalue weighted by atomic mass is 79.9. The van der Waals surface area contributed by atoms with Crippen LogP contribution in [0.15, 0.2) is 33.6 Å². The smallest absolute Gasteiger partial charge is 0.240 e. The zero-order valence-electron chi connectivity index (χ0n) is 12.3. The molecule has 0 amide bonds. The SMILES string of the molecule is CC#CC(O)[C@@H](NS(=O)(=O)c1ccc(Br)cc1)[C@@H](C)CC. The van der Waals surface area contributed by atoms with Crippen molar-refractivity contribution in [3.8, 4) is 11.8 Å². The molecule has 2 N–H and O–H groups in total. The van der Waals surface area contributed by atoms with Crippen LogP contribution in [0.5, 0.6) is 0 Å². The van der Waals surface area contributed by atoms with Crippen LogP contribution in [0, 0.1) is 17.8 Å². The number of halogens is 1. The van der Waals surface area contributed by atoms with Gasteiger partial charge in [0, 0.05) is 4.47 Å². The van der Waals surface area contributed by atoms with Gasteiger partial charge >= 0.3 is 0 Å². The molecule has 0 aliphatic heterocycles. The number of hydrogen-bond acceptors (Lipinski definition) is 3. The zero-order valence-corrected chi connectivity index (χ0v) is 14.7. The van der Waals surface area contributed by atoms with E-state index in [1.165, 1.54) is 12.1 Å². The lowest BCUT2D eigenvalue weighted by molar-refractivity contribution is 0.160. The molecule has 116 valence electrons. The van der Waals surface area contributed by atoms with Crippen molar-refractivity contribution >= 4 is 26.0 Å². The van der Waals surface area contributed by atoms with E-state index in [9.17, 15) is 13.5 Å². The molecule has 0 radical (unpaired) electrons. The van der Waals surface area contributed by atoms with Crippen molar-refractivity contribution in [1.82, 2.24) is 4.72 Å². The molecule has 3 atom stereocenters. The third-order valence-electron chi connectivity index (χ3n) is 3.30. The Morgan fingerprint density at radius 2 is 1.90 bits per heavy atom. The highest BCUT2D eigenvalue weighted by Gasteiger charge is 2.28. The second kappa shape index (κ2) is 7.95. The minimum atomic E-state index is -3.69. The van der Waals surface area contributed by atoms with Gasteiger partial charge in [-0.05, 0) is 37.1 Å². The Kier molecular flexibility index (Phi) is 6.88. The van der Waals surface area contributed by atoms with Gasteiger partial charge in [-0.2, -0.15) is 0 Å². The summed E-state index contributed by atoms with van der Waals surface area (Å²) in [6.07, 6.45) is -0.300. The Labute approximate surface area is 135 Å². The summed E-state index contributed by atoms with van der Waals surface area (Å²) >= 11 is 3.27. The van der Waals surface area contributed by atoms with Crippen LogP contribution in [0.4, 0.5) is 0 Å². The van der Waals surface area contributed by atoms with Gasteiger partial charge in [0.15, 0.2) is 0 Å². The van der Waals surface area contributed by atoms with Gasteiger partial charge in [0.1, 0.15) is 6.10 Å². The first kappa shape index (κ1) is 18.2. The van der Waals surface area contributed by atoms with Crippen LogP contribution in [-0.2, 0) is 10.0 Å². The fraction of sp³-hybridized carbons (Fsp3) is 0.467. The molecule has 0 fully saturated rings. The predicted molar refractivity (Wildman–Crippen MR) is 87.2 cm³/mol. The number of aliphatic hydroxyl groups excluding tert-OH is 1. The molecule has 1 rings (SSSR count). The normalized spacial score (nSPS) is 15.7. The summed E-state index contributed by atoms with van der Waals surface area (Å²) in [7, 11) is -3.69. The van der Waals surface area contributed by atoms with Crippen LogP contribution in [0.25, 0.3) is 0 Å². The zero-order chi connectivity index (χ0) is 16.0. The maximum Gasteiger partial charge on any atom is 0.240 e. The standard InChI is InChI=1S/C15H20BrNO3S/c1-4-6-14(18)15(11(3)5-2)17-21(19,20)13-9-7-12(16)8-10-13/h7-11,14-15,17-18H,5H2,1-3H3/t11-,14?,15-/m0/s1. The monoisotopic (exact) mass is 373 g/mol. The average Bonchev–Trinajstić information content (AvgIpc) is 2.44. The summed E-state index contributed by atoms with van der Waals surface area (Å²) in [6, 6.07) is 5.70. The van der Waals surface area contributed by atoms with E-state index in [2.05, 4.69) is 32.5 Å². The second-order valence-corrected chi connectivity index (χ2v) is 7.46. The van der Waals surface area contributed by atoms with Crippen LogP contribution in [0.3, 0.4) is 0 Å². The van der Waals surface area contributed by atoms with Crippen LogP contribution < -0.4 is 4.72 Å². The summed E-state index contributed by atoms with van der Waals surface area (Å²) in [6.45, 7) is 5.44. The molecule has 1 aromatic rings. The Bertz CT molecular complexity index is 617. The minimum Gasteiger partial charge on any atom is -0.379 e. The van der Waals surface area contributed by atoms with Gasteiger partial charge in [-0.1, -0.05) is 42.1 Å². The van der Waals surface area contributed by atoms with E-state index in [4.69, 9.17) is 0 Å². The molecule has 0 spiro atoms. The average molecular weight is 374 g/mol. The van der Waals surface area contributed by atoms with Gasteiger partial charge in [0.2, 0.25) is 10.0 Å². The summed E-state index contributed by atoms with van der Waals surface area (Å²) < 4.78 is 28.2. The molecule has 1 unspecified atom stereocenters. The topological polar surface area (TPSA) is 66.4 Å². The lowest BCUT2D eigenvalue weighted by atomic mass is 9.95. The first-order chi connectivity index (χ1) is 9.81. The lowest BCUT2D eigenvalue weighted by Crippen LogP contribution is -2.46. The predicted octanol–water partition coefficient (Wildman–Crippen LogP) is 2.53. The van der Waals surface area contributed by atoms with E-state index >= 15 is 0 Å². The molecule has 0 aliphatic carbocycles. The third kappa shape index (κ3) is 5.11. The molecule has 0 saturated heterocycles. The number of aliphatic hydroxyl groups is 1. The number of sulfonamides is 1. The van der Waals surface area contributed by atoms with E-state index < -0.39 is 22.2 Å². The van der Waals surface area contributed by atoms with E-state index in [1.807, 2.05) is 13.8 Å². The minimum absolute atomic E-state index is 0.0360. The first-order valence-electron chi connectivity index (χ1n) is 6.70. The van der Waals surface area contributed by atoms with Crippen LogP contribution in [0.2, 0.25) is 0 Å². The quantitative estimate of drug-likeness (QED) is 0.752. The fourth-order valence-corrected chi connectivity index (χ4v) is 3.46. The van der Waals surface area contributed by atoms with E-state index in [0.29, 0.717) is 0 Å². The number of rotatable bonds is 6. The molecule has 0 saturated carbocycles. The van der Waals surface area contributed by atoms with E-state index in [-0.39, 0.29) is 10.8 Å². The van der Waals surface area contributed by atoms with Crippen molar-refractivity contribution < 1.29 is 13.5 Å². The van der Waals surface area contributed by atoms with Crippen molar-refractivity contribution in [2.24, 2.45) is 5.92 Å². The van der Waals surface area contributed by atoms with Gasteiger partial charge in [-0.25, -0.2) is 13.1 Å². The molecule has 0 heterocycles. The third-order valence-corrected chi connectivity index (χ3v) is 5.31. The summed E-state index contributed by atoms with van der Waals surface area (Å²) in [4.78, 5) is 0.163. The van der Waals surface area contributed by atoms with Crippen molar-refractivity contribution in [3.63, 3.8) is 0 Å². The van der Waals surface area contributed by atoms with Crippen molar-refractivity contribution in [3.05, 3.63) is 28.7 Å². The van der Waals surface area contributed by atoms with Gasteiger partial charge in [-0.3, -0.25) is 0 Å². The number of hydrogen-bond donors (Lipinski definition) is 2. The van der Waals surface area contributed by atoms with E-state index in [1.54, 1.807) is 19.1 Å². The Balaban J connectivity index is 3.05. The molecule has 0 aliphatic rings. The van der Waals surface area contributed by atoms with Crippen LogP contribution in [-0.4, -0.2) is 25.7 Å². The van der Waals surface area contributed by atoms with Crippen LogP contribution >= 0.6 is 15.9 Å². The Morgan fingerprint density at radius 1 is 1.33 bits per heavy atom. The van der Waals surface area contributed by atoms with Crippen molar-refractivity contribution in [2.45, 2.75) is 44.2 Å². The van der Waals surface area contributed by atoms with Gasteiger partial charge < -0.3 is 5.11 Å². The molecule has 21 heavy (non-hydrogen) atoms. The molecule has 6 heteroatoms. The second-order valence-electron chi connectivity index (χ2n) is 4.83. The van der Waals surface area contributed by atoms with Crippen molar-refractivity contribution in [2.75, 3.05) is 0 Å². The number of nitrogens with one attached hydrogen (secondary N) is 1. The molecular weight excluding hydrogens is 354 g/mol. The summed E-state index contributed by atoms with van der Waals surface area (Å²) in [5, 5.41) is 10.1. The van der Waals surface area contributed by atoms with Gasteiger partial charge in [0.05, 0.1) is 10.9 Å². The summed E-state index contributed by atoms with van der Waals surface area (Å²) in [5.41, 5.74) is 0. The summed E-state index contributed by atoms with van der Waals surface area (Å²) in [5.74, 6) is 5.20. The molecule has 0 bridgehead atoms. The van der Waals surface area contributed by atoms with E-state index in [0.717, 1.165) is 10.9 Å². The first-order valence-corrected chi connectivity index (χ1v) is 8.97. The van der Waals surface area contributed by atoms with Crippen molar-refractivity contribution in [1.29, 1.82) is 0 Å². The molecule has 0 aromatic heterocycles. The Hall–Kier alpha value is -0.870. The van der Waals surface area contributed by atoms with Gasteiger partial charge in [0.25, 0.3) is 0 Å². The molecule has 1 aromatic carbocycles. The highest BCUT2D eigenvalue weighted by Crippen LogP contribution is 2.18. The maximum absolute atomic E-state index is 12.4. The Morgan fingerprint density at radius 3 is 2.38 bits per heavy atom. The molecule has 4 nitrogen and oxygen atoms in total. The maximum atomic E-state index is 12.4. The number of benzene rings is 1. The van der Waals surface area contributed by atoms with Gasteiger partial charge in [-0.15, -0.1) is 5.92 Å². The lowest BCUT2D eigenvalue weighted by Gasteiger charge is -2.26. The fourth-order valence-electron chi connectivity index (χ4n) is 1.84. The highest BCUT2D eigenvalue weighted by molar-refractivity contribution is 9.10.